The van der Waals surface area contributed by atoms with Crippen molar-refractivity contribution in [3.05, 3.63) is 29.8 Å². The molecule has 1 aromatic carbocycles. The van der Waals surface area contributed by atoms with Gasteiger partial charge in [0.2, 0.25) is 0 Å². The number of ether oxygens (including phenoxy) is 2. The Hall–Kier alpha value is -2.25. The molecule has 0 spiro atoms. The number of amides is 1. The van der Waals surface area contributed by atoms with Gasteiger partial charge in [-0.25, -0.2) is 4.79 Å². The molecular formula is C16H18F3NO4. The second kappa shape index (κ2) is 8.03. The summed E-state index contributed by atoms with van der Waals surface area (Å²) in [5, 5.41) is 2.80. The van der Waals surface area contributed by atoms with Crippen LogP contribution in [0.15, 0.2) is 24.3 Å². The number of rotatable bonds is 5. The minimum Gasteiger partial charge on any atom is -0.452 e. The maximum Gasteiger partial charge on any atom is 0.573 e. The van der Waals surface area contributed by atoms with Crippen LogP contribution >= 0.6 is 0 Å². The van der Waals surface area contributed by atoms with Crippen LogP contribution in [0.3, 0.4) is 0 Å². The van der Waals surface area contributed by atoms with Gasteiger partial charge < -0.3 is 14.8 Å². The zero-order valence-corrected chi connectivity index (χ0v) is 12.9. The van der Waals surface area contributed by atoms with E-state index in [4.69, 9.17) is 4.74 Å². The predicted molar refractivity (Wildman–Crippen MR) is 78.4 cm³/mol. The fraction of sp³-hybridized carbons (Fsp3) is 0.500. The van der Waals surface area contributed by atoms with Gasteiger partial charge in [-0.2, -0.15) is 0 Å². The van der Waals surface area contributed by atoms with Crippen molar-refractivity contribution in [2.24, 2.45) is 0 Å². The number of halogens is 3. The molecule has 1 aliphatic rings. The molecule has 24 heavy (non-hydrogen) atoms. The van der Waals surface area contributed by atoms with Crippen molar-refractivity contribution < 1.29 is 32.2 Å². The Morgan fingerprint density at radius 1 is 1.08 bits per heavy atom. The van der Waals surface area contributed by atoms with E-state index in [1.165, 1.54) is 0 Å². The van der Waals surface area contributed by atoms with E-state index in [1.54, 1.807) is 0 Å². The maximum atomic E-state index is 12.0. The van der Waals surface area contributed by atoms with Gasteiger partial charge in [0.15, 0.2) is 6.61 Å². The van der Waals surface area contributed by atoms with E-state index in [9.17, 15) is 22.8 Å². The fourth-order valence-electron chi connectivity index (χ4n) is 2.52. The molecule has 132 valence electrons. The molecule has 1 aliphatic carbocycles. The molecule has 0 unspecified atom stereocenters. The van der Waals surface area contributed by atoms with Crippen molar-refractivity contribution in [1.82, 2.24) is 5.32 Å². The Bertz CT molecular complexity index is 566. The molecule has 1 saturated carbocycles. The van der Waals surface area contributed by atoms with Crippen LogP contribution in [-0.4, -0.2) is 30.9 Å². The molecule has 0 bridgehead atoms. The molecule has 1 amide bonds. The minimum atomic E-state index is -4.79. The van der Waals surface area contributed by atoms with E-state index >= 15 is 0 Å². The SMILES string of the molecule is O=C(COC(=O)c1ccc(OC(F)(F)F)cc1)NC1CCCCC1. The second-order valence-corrected chi connectivity index (χ2v) is 5.55. The van der Waals surface area contributed by atoms with E-state index < -0.39 is 24.7 Å². The maximum absolute atomic E-state index is 12.0. The van der Waals surface area contributed by atoms with Crippen molar-refractivity contribution in [2.45, 2.75) is 44.5 Å². The lowest BCUT2D eigenvalue weighted by Gasteiger charge is -2.22. The third-order valence-corrected chi connectivity index (χ3v) is 3.63. The topological polar surface area (TPSA) is 64.6 Å². The zero-order chi connectivity index (χ0) is 17.6. The Morgan fingerprint density at radius 2 is 1.71 bits per heavy atom. The zero-order valence-electron chi connectivity index (χ0n) is 12.9. The second-order valence-electron chi connectivity index (χ2n) is 5.55. The third-order valence-electron chi connectivity index (χ3n) is 3.63. The molecule has 2 rings (SSSR count). The number of hydrogen-bond acceptors (Lipinski definition) is 4. The summed E-state index contributed by atoms with van der Waals surface area (Å²) in [7, 11) is 0. The van der Waals surface area contributed by atoms with Crippen molar-refractivity contribution in [3.8, 4) is 5.75 Å². The number of nitrogens with one attached hydrogen (secondary N) is 1. The number of hydrogen-bond donors (Lipinski definition) is 1. The highest BCUT2D eigenvalue weighted by Gasteiger charge is 2.31. The molecule has 0 saturated heterocycles. The molecule has 1 aromatic rings. The summed E-state index contributed by atoms with van der Waals surface area (Å²) in [5.74, 6) is -1.60. The number of carbonyl (C=O) groups is 2. The lowest BCUT2D eigenvalue weighted by Crippen LogP contribution is -2.38. The van der Waals surface area contributed by atoms with E-state index in [-0.39, 0.29) is 17.5 Å². The molecule has 5 nitrogen and oxygen atoms in total. The molecular weight excluding hydrogens is 327 g/mol. The van der Waals surface area contributed by atoms with Crippen LogP contribution < -0.4 is 10.1 Å². The Labute approximate surface area is 137 Å². The summed E-state index contributed by atoms with van der Waals surface area (Å²) in [6.45, 7) is -0.421. The fourth-order valence-corrected chi connectivity index (χ4v) is 2.52. The van der Waals surface area contributed by atoms with Crippen LogP contribution in [0.1, 0.15) is 42.5 Å². The standard InChI is InChI=1S/C16H18F3NO4/c17-16(18,19)24-13-8-6-11(7-9-13)15(22)23-10-14(21)20-12-4-2-1-3-5-12/h6-9,12H,1-5,10H2,(H,20,21). The van der Waals surface area contributed by atoms with Crippen molar-refractivity contribution in [3.63, 3.8) is 0 Å². The van der Waals surface area contributed by atoms with Gasteiger partial charge in [-0.05, 0) is 37.1 Å². The summed E-state index contributed by atoms with van der Waals surface area (Å²) in [4.78, 5) is 23.5. The van der Waals surface area contributed by atoms with Crippen LogP contribution in [0.25, 0.3) is 0 Å². The normalized spacial score (nSPS) is 15.6. The molecule has 1 fully saturated rings. The summed E-state index contributed by atoms with van der Waals surface area (Å²) >= 11 is 0. The van der Waals surface area contributed by atoms with Crippen LogP contribution in [0.2, 0.25) is 0 Å². The van der Waals surface area contributed by atoms with Crippen molar-refractivity contribution in [2.75, 3.05) is 6.61 Å². The average Bonchev–Trinajstić information content (AvgIpc) is 2.53. The van der Waals surface area contributed by atoms with Crippen molar-refractivity contribution >= 4 is 11.9 Å². The van der Waals surface area contributed by atoms with Gasteiger partial charge in [0.1, 0.15) is 5.75 Å². The molecule has 0 aliphatic heterocycles. The largest absolute Gasteiger partial charge is 0.573 e. The Morgan fingerprint density at radius 3 is 2.29 bits per heavy atom. The molecule has 8 heteroatoms. The number of alkyl halides is 3. The van der Waals surface area contributed by atoms with Crippen LogP contribution in [0, 0.1) is 0 Å². The highest BCUT2D eigenvalue weighted by atomic mass is 19.4. The highest BCUT2D eigenvalue weighted by molar-refractivity contribution is 5.91. The first-order valence-corrected chi connectivity index (χ1v) is 7.66. The van der Waals surface area contributed by atoms with Gasteiger partial charge in [-0.15, -0.1) is 13.2 Å². The Balaban J connectivity index is 1.78. The van der Waals surface area contributed by atoms with Crippen LogP contribution in [-0.2, 0) is 9.53 Å². The summed E-state index contributed by atoms with van der Waals surface area (Å²) < 4.78 is 44.7. The Kier molecular flexibility index (Phi) is 6.05. The molecule has 1 N–H and O–H groups in total. The molecule has 0 heterocycles. The van der Waals surface area contributed by atoms with Gasteiger partial charge >= 0.3 is 12.3 Å². The smallest absolute Gasteiger partial charge is 0.452 e. The molecule has 0 atom stereocenters. The van der Waals surface area contributed by atoms with Gasteiger partial charge in [0, 0.05) is 6.04 Å². The number of carbonyl (C=O) groups excluding carboxylic acids is 2. The first-order chi connectivity index (χ1) is 11.3. The van der Waals surface area contributed by atoms with E-state index in [0.29, 0.717) is 0 Å². The monoisotopic (exact) mass is 345 g/mol. The van der Waals surface area contributed by atoms with Gasteiger partial charge in [0.25, 0.3) is 5.91 Å². The van der Waals surface area contributed by atoms with Crippen LogP contribution in [0.4, 0.5) is 13.2 Å². The third kappa shape index (κ3) is 6.10. The first kappa shape index (κ1) is 18.1. The average molecular weight is 345 g/mol. The minimum absolute atomic E-state index is 0.0370. The summed E-state index contributed by atoms with van der Waals surface area (Å²) in [5.41, 5.74) is 0.0370. The van der Waals surface area contributed by atoms with E-state index in [1.807, 2.05) is 0 Å². The lowest BCUT2D eigenvalue weighted by molar-refractivity contribution is -0.274. The quantitative estimate of drug-likeness (QED) is 0.833. The molecule has 0 radical (unpaired) electrons. The van der Waals surface area contributed by atoms with Crippen molar-refractivity contribution in [1.29, 1.82) is 0 Å². The number of esters is 1. The van der Waals surface area contributed by atoms with Gasteiger partial charge in [-0.3, -0.25) is 4.79 Å². The summed E-state index contributed by atoms with van der Waals surface area (Å²) in [6, 6.07) is 4.41. The molecule has 0 aromatic heterocycles. The van der Waals surface area contributed by atoms with Gasteiger partial charge in [0.05, 0.1) is 5.56 Å². The predicted octanol–water partition coefficient (Wildman–Crippen LogP) is 3.19. The number of benzene rings is 1. The first-order valence-electron chi connectivity index (χ1n) is 7.66. The van der Waals surface area contributed by atoms with Crippen LogP contribution in [0.5, 0.6) is 5.75 Å². The van der Waals surface area contributed by atoms with E-state index in [2.05, 4.69) is 10.1 Å². The lowest BCUT2D eigenvalue weighted by atomic mass is 9.95. The van der Waals surface area contributed by atoms with Gasteiger partial charge in [-0.1, -0.05) is 19.3 Å². The van der Waals surface area contributed by atoms with E-state index in [0.717, 1.165) is 56.4 Å². The highest BCUT2D eigenvalue weighted by Crippen LogP contribution is 2.23. The summed E-state index contributed by atoms with van der Waals surface area (Å²) in [6.07, 6.45) is 0.337.